The first-order valence-corrected chi connectivity index (χ1v) is 7.75. The summed E-state index contributed by atoms with van der Waals surface area (Å²) in [4.78, 5) is 20.5. The van der Waals surface area contributed by atoms with Crippen LogP contribution in [0.25, 0.3) is 10.6 Å². The van der Waals surface area contributed by atoms with Crippen LogP contribution in [0.2, 0.25) is 0 Å². The van der Waals surface area contributed by atoms with Crippen molar-refractivity contribution in [2.24, 2.45) is 0 Å². The van der Waals surface area contributed by atoms with E-state index in [1.165, 1.54) is 0 Å². The van der Waals surface area contributed by atoms with Crippen molar-refractivity contribution in [1.29, 1.82) is 0 Å². The summed E-state index contributed by atoms with van der Waals surface area (Å²) in [6.07, 6.45) is 5.78. The first kappa shape index (κ1) is 14.7. The van der Waals surface area contributed by atoms with Crippen LogP contribution in [0.4, 0.5) is 0 Å². The summed E-state index contributed by atoms with van der Waals surface area (Å²) in [5.74, 6) is 0.0433. The third-order valence-corrected chi connectivity index (χ3v) is 4.09. The largest absolute Gasteiger partial charge is 0.353 e. The van der Waals surface area contributed by atoms with Crippen LogP contribution < -0.4 is 5.32 Å². The third-order valence-electron chi connectivity index (χ3n) is 3.15. The highest BCUT2D eigenvalue weighted by Gasteiger charge is 2.11. The van der Waals surface area contributed by atoms with Crippen LogP contribution in [0.3, 0.4) is 0 Å². The molecule has 5 heteroatoms. The van der Waals surface area contributed by atoms with E-state index in [-0.39, 0.29) is 11.9 Å². The van der Waals surface area contributed by atoms with E-state index in [9.17, 15) is 4.79 Å². The molecule has 1 amide bonds. The summed E-state index contributed by atoms with van der Waals surface area (Å²) >= 11 is 1.54. The second-order valence-electron chi connectivity index (χ2n) is 4.64. The van der Waals surface area contributed by atoms with Crippen molar-refractivity contribution in [3.63, 3.8) is 0 Å². The van der Waals surface area contributed by atoms with Gasteiger partial charge in [0.2, 0.25) is 5.91 Å². The highest BCUT2D eigenvalue weighted by atomic mass is 32.1. The molecule has 106 valence electrons. The molecular weight excluding hydrogens is 270 g/mol. The number of carbonyl (C=O) groups excluding carboxylic acids is 1. The molecule has 0 saturated carbocycles. The Balaban J connectivity index is 1.98. The monoisotopic (exact) mass is 289 g/mol. The van der Waals surface area contributed by atoms with E-state index in [1.807, 2.05) is 17.5 Å². The number of aromatic nitrogens is 2. The molecule has 2 rings (SSSR count). The predicted octanol–water partition coefficient (Wildman–Crippen LogP) is 3.05. The average molecular weight is 289 g/mol. The average Bonchev–Trinajstić information content (AvgIpc) is 2.94. The van der Waals surface area contributed by atoms with E-state index >= 15 is 0 Å². The van der Waals surface area contributed by atoms with Gasteiger partial charge < -0.3 is 5.32 Å². The second-order valence-corrected chi connectivity index (χ2v) is 5.50. The van der Waals surface area contributed by atoms with Gasteiger partial charge in [0.25, 0.3) is 0 Å². The van der Waals surface area contributed by atoms with Gasteiger partial charge in [0, 0.05) is 29.4 Å². The minimum atomic E-state index is 0.0433. The molecule has 2 aromatic heterocycles. The van der Waals surface area contributed by atoms with Gasteiger partial charge in [0.1, 0.15) is 5.01 Å². The van der Waals surface area contributed by atoms with Gasteiger partial charge in [0.15, 0.2) is 0 Å². The molecular formula is C15H19N3OS. The molecule has 0 saturated heterocycles. The number of nitrogens with one attached hydrogen (secondary N) is 1. The van der Waals surface area contributed by atoms with Gasteiger partial charge >= 0.3 is 0 Å². The molecule has 2 heterocycles. The Hall–Kier alpha value is -1.75. The standard InChI is InChI=1S/C15H19N3OS/c1-3-12(4-2)17-14(19)8-13-10-20-15(18-13)11-6-5-7-16-9-11/h5-7,9-10,12H,3-4,8H2,1-2H3,(H,17,19). The van der Waals surface area contributed by atoms with Crippen LogP contribution in [-0.4, -0.2) is 21.9 Å². The Bertz CT molecular complexity index is 549. The number of thiazole rings is 1. The lowest BCUT2D eigenvalue weighted by atomic mass is 10.1. The molecule has 0 radical (unpaired) electrons. The van der Waals surface area contributed by atoms with Gasteiger partial charge in [-0.15, -0.1) is 11.3 Å². The van der Waals surface area contributed by atoms with Gasteiger partial charge in [-0.3, -0.25) is 9.78 Å². The molecule has 0 aliphatic carbocycles. The zero-order valence-electron chi connectivity index (χ0n) is 11.8. The maximum absolute atomic E-state index is 11.9. The zero-order valence-corrected chi connectivity index (χ0v) is 12.6. The number of nitrogens with zero attached hydrogens (tertiary/aromatic N) is 2. The fourth-order valence-electron chi connectivity index (χ4n) is 1.95. The lowest BCUT2D eigenvalue weighted by Crippen LogP contribution is -2.34. The van der Waals surface area contributed by atoms with Crippen molar-refractivity contribution in [2.45, 2.75) is 39.2 Å². The summed E-state index contributed by atoms with van der Waals surface area (Å²) < 4.78 is 0. The molecule has 0 fully saturated rings. The van der Waals surface area contributed by atoms with E-state index < -0.39 is 0 Å². The molecule has 0 spiro atoms. The van der Waals surface area contributed by atoms with E-state index in [2.05, 4.69) is 29.1 Å². The molecule has 2 aromatic rings. The number of hydrogen-bond donors (Lipinski definition) is 1. The number of amides is 1. The van der Waals surface area contributed by atoms with Crippen LogP contribution in [0, 0.1) is 0 Å². The van der Waals surface area contributed by atoms with Gasteiger partial charge in [-0.05, 0) is 25.0 Å². The Labute approximate surface area is 123 Å². The molecule has 0 aromatic carbocycles. The Kier molecular flexibility index (Phi) is 5.24. The fourth-order valence-corrected chi connectivity index (χ4v) is 2.76. The van der Waals surface area contributed by atoms with Crippen molar-refractivity contribution in [3.05, 3.63) is 35.6 Å². The van der Waals surface area contributed by atoms with E-state index in [0.717, 1.165) is 29.1 Å². The SMILES string of the molecule is CCC(CC)NC(=O)Cc1csc(-c2cccnc2)n1. The van der Waals surface area contributed by atoms with Crippen LogP contribution in [-0.2, 0) is 11.2 Å². The Morgan fingerprint density at radius 3 is 2.85 bits per heavy atom. The smallest absolute Gasteiger partial charge is 0.226 e. The molecule has 0 atom stereocenters. The first-order chi connectivity index (χ1) is 9.72. The summed E-state index contributed by atoms with van der Waals surface area (Å²) in [5.41, 5.74) is 1.81. The van der Waals surface area contributed by atoms with Gasteiger partial charge in [-0.25, -0.2) is 4.98 Å². The summed E-state index contributed by atoms with van der Waals surface area (Å²) in [7, 11) is 0. The van der Waals surface area contributed by atoms with Crippen molar-refractivity contribution >= 4 is 17.2 Å². The number of hydrogen-bond acceptors (Lipinski definition) is 4. The topological polar surface area (TPSA) is 54.9 Å². The molecule has 0 aliphatic rings. The van der Waals surface area contributed by atoms with Crippen LogP contribution in [0.15, 0.2) is 29.9 Å². The molecule has 20 heavy (non-hydrogen) atoms. The minimum Gasteiger partial charge on any atom is -0.353 e. The van der Waals surface area contributed by atoms with Crippen LogP contribution >= 0.6 is 11.3 Å². The molecule has 0 bridgehead atoms. The normalized spacial score (nSPS) is 10.8. The molecule has 4 nitrogen and oxygen atoms in total. The third kappa shape index (κ3) is 3.87. The summed E-state index contributed by atoms with van der Waals surface area (Å²) in [5, 5.41) is 5.87. The second kappa shape index (κ2) is 7.14. The van der Waals surface area contributed by atoms with Gasteiger partial charge in [-0.2, -0.15) is 0 Å². The van der Waals surface area contributed by atoms with Crippen LogP contribution in [0.5, 0.6) is 0 Å². The lowest BCUT2D eigenvalue weighted by Gasteiger charge is -2.13. The summed E-state index contributed by atoms with van der Waals surface area (Å²) in [6.45, 7) is 4.16. The van der Waals surface area contributed by atoms with E-state index in [1.54, 1.807) is 23.7 Å². The van der Waals surface area contributed by atoms with Crippen LogP contribution in [0.1, 0.15) is 32.4 Å². The van der Waals surface area contributed by atoms with Crippen molar-refractivity contribution < 1.29 is 4.79 Å². The predicted molar refractivity (Wildman–Crippen MR) is 81.6 cm³/mol. The maximum atomic E-state index is 11.9. The number of pyridine rings is 1. The highest BCUT2D eigenvalue weighted by molar-refractivity contribution is 7.13. The lowest BCUT2D eigenvalue weighted by molar-refractivity contribution is -0.121. The maximum Gasteiger partial charge on any atom is 0.226 e. The highest BCUT2D eigenvalue weighted by Crippen LogP contribution is 2.22. The van der Waals surface area contributed by atoms with E-state index in [4.69, 9.17) is 0 Å². The quantitative estimate of drug-likeness (QED) is 0.889. The number of rotatable bonds is 6. The molecule has 1 N–H and O–H groups in total. The van der Waals surface area contributed by atoms with Crippen molar-refractivity contribution in [1.82, 2.24) is 15.3 Å². The Morgan fingerprint density at radius 2 is 2.20 bits per heavy atom. The number of carbonyl (C=O) groups is 1. The molecule has 0 unspecified atom stereocenters. The first-order valence-electron chi connectivity index (χ1n) is 6.87. The van der Waals surface area contributed by atoms with Gasteiger partial charge in [0.05, 0.1) is 12.1 Å². The van der Waals surface area contributed by atoms with Gasteiger partial charge in [-0.1, -0.05) is 13.8 Å². The fraction of sp³-hybridized carbons (Fsp3) is 0.400. The summed E-state index contributed by atoms with van der Waals surface area (Å²) in [6, 6.07) is 4.12. The van der Waals surface area contributed by atoms with Crippen molar-refractivity contribution in [3.8, 4) is 10.6 Å². The Morgan fingerprint density at radius 1 is 1.40 bits per heavy atom. The molecule has 0 aliphatic heterocycles. The van der Waals surface area contributed by atoms with Crippen molar-refractivity contribution in [2.75, 3.05) is 0 Å². The minimum absolute atomic E-state index is 0.0433. The zero-order chi connectivity index (χ0) is 14.4. The van der Waals surface area contributed by atoms with E-state index in [0.29, 0.717) is 6.42 Å².